The third-order valence-corrected chi connectivity index (χ3v) is 4.24. The third kappa shape index (κ3) is 3.10. The summed E-state index contributed by atoms with van der Waals surface area (Å²) in [4.78, 5) is 2.19. The van der Waals surface area contributed by atoms with Gasteiger partial charge in [-0.05, 0) is 55.6 Å². The van der Waals surface area contributed by atoms with E-state index in [2.05, 4.69) is 10.2 Å². The first kappa shape index (κ1) is 15.6. The number of benzene rings is 1. The number of fused-ring (bicyclic) bond motifs is 1. The monoisotopic (exact) mass is 306 g/mol. The van der Waals surface area contributed by atoms with E-state index in [0.717, 1.165) is 50.7 Å². The number of likely N-dealkylation sites (tertiary alicyclic amines) is 1. The first-order valence-electron chi connectivity index (χ1n) is 6.70. The van der Waals surface area contributed by atoms with E-state index in [9.17, 15) is 13.2 Å². The summed E-state index contributed by atoms with van der Waals surface area (Å²) in [5.74, 6) is -2.23. The van der Waals surface area contributed by atoms with E-state index >= 15 is 0 Å². The molecule has 1 N–H and O–H groups in total. The summed E-state index contributed by atoms with van der Waals surface area (Å²) >= 11 is 0. The second-order valence-electron chi connectivity index (χ2n) is 5.58. The van der Waals surface area contributed by atoms with E-state index in [1.165, 1.54) is 0 Å². The topological polar surface area (TPSA) is 15.3 Å². The molecule has 2 saturated heterocycles. The Hall–Kier alpha value is -0.780. The molecule has 0 bridgehead atoms. The van der Waals surface area contributed by atoms with Gasteiger partial charge in [-0.1, -0.05) is 0 Å². The molecular formula is C14H18ClF3N2. The lowest BCUT2D eigenvalue weighted by molar-refractivity contribution is 0.142. The lowest BCUT2D eigenvalue weighted by Crippen LogP contribution is -2.39. The maximum Gasteiger partial charge on any atom is 0.194 e. The molecule has 2 atom stereocenters. The van der Waals surface area contributed by atoms with Crippen LogP contribution in [0.3, 0.4) is 0 Å². The number of nitrogens with zero attached hydrogens (tertiary/aromatic N) is 1. The summed E-state index contributed by atoms with van der Waals surface area (Å²) < 4.78 is 39.2. The van der Waals surface area contributed by atoms with Crippen molar-refractivity contribution in [3.8, 4) is 0 Å². The van der Waals surface area contributed by atoms with E-state index in [1.807, 2.05) is 0 Å². The Labute approximate surface area is 122 Å². The highest BCUT2D eigenvalue weighted by atomic mass is 35.5. The average molecular weight is 307 g/mol. The van der Waals surface area contributed by atoms with E-state index in [0.29, 0.717) is 18.0 Å². The predicted octanol–water partition coefficient (Wildman–Crippen LogP) is 2.57. The Morgan fingerprint density at radius 1 is 1.10 bits per heavy atom. The van der Waals surface area contributed by atoms with Gasteiger partial charge in [0.25, 0.3) is 0 Å². The lowest BCUT2D eigenvalue weighted by atomic mass is 9.88. The molecule has 0 aromatic heterocycles. The normalized spacial score (nSPS) is 26.1. The number of piperidine rings is 1. The molecule has 2 unspecified atom stereocenters. The Morgan fingerprint density at radius 3 is 2.45 bits per heavy atom. The minimum absolute atomic E-state index is 0. The zero-order chi connectivity index (χ0) is 13.4. The molecule has 6 heteroatoms. The fourth-order valence-corrected chi connectivity index (χ4v) is 3.21. The fraction of sp³-hybridized carbons (Fsp3) is 0.571. The van der Waals surface area contributed by atoms with Crippen LogP contribution in [0.25, 0.3) is 0 Å². The van der Waals surface area contributed by atoms with E-state index in [4.69, 9.17) is 0 Å². The van der Waals surface area contributed by atoms with Crippen LogP contribution in [0, 0.1) is 29.3 Å². The van der Waals surface area contributed by atoms with Crippen LogP contribution in [0.5, 0.6) is 0 Å². The van der Waals surface area contributed by atoms with Crippen molar-refractivity contribution in [2.45, 2.75) is 13.0 Å². The minimum Gasteiger partial charge on any atom is -0.316 e. The summed E-state index contributed by atoms with van der Waals surface area (Å²) in [6.45, 7) is 4.46. The van der Waals surface area contributed by atoms with Crippen LogP contribution in [-0.4, -0.2) is 31.1 Å². The number of rotatable bonds is 2. The van der Waals surface area contributed by atoms with Gasteiger partial charge in [0.2, 0.25) is 0 Å². The van der Waals surface area contributed by atoms with Crippen LogP contribution in [-0.2, 0) is 6.54 Å². The molecule has 2 aliphatic rings. The molecule has 2 fully saturated rings. The van der Waals surface area contributed by atoms with E-state index in [1.54, 1.807) is 0 Å². The number of hydrogen-bond donors (Lipinski definition) is 1. The van der Waals surface area contributed by atoms with Gasteiger partial charge in [0.05, 0.1) is 0 Å². The van der Waals surface area contributed by atoms with Crippen molar-refractivity contribution in [1.29, 1.82) is 0 Å². The molecule has 112 valence electrons. The van der Waals surface area contributed by atoms with Gasteiger partial charge in [-0.15, -0.1) is 12.4 Å². The first-order chi connectivity index (χ1) is 9.13. The van der Waals surface area contributed by atoms with Crippen LogP contribution in [0.2, 0.25) is 0 Å². The van der Waals surface area contributed by atoms with E-state index in [-0.39, 0.29) is 12.4 Å². The third-order valence-electron chi connectivity index (χ3n) is 4.24. The molecule has 0 aliphatic carbocycles. The lowest BCUT2D eigenvalue weighted by Gasteiger charge is -2.34. The summed E-state index contributed by atoms with van der Waals surface area (Å²) in [5.41, 5.74) is 0.501. The SMILES string of the molecule is Cl.Fc1cc(CN2CCC3CNCC3C2)cc(F)c1F. The second-order valence-corrected chi connectivity index (χ2v) is 5.58. The fourth-order valence-electron chi connectivity index (χ4n) is 3.21. The maximum atomic E-state index is 13.2. The van der Waals surface area contributed by atoms with Gasteiger partial charge >= 0.3 is 0 Å². The Balaban J connectivity index is 0.00000147. The van der Waals surface area contributed by atoms with Crippen molar-refractivity contribution in [2.24, 2.45) is 11.8 Å². The van der Waals surface area contributed by atoms with Gasteiger partial charge in [0.1, 0.15) is 0 Å². The second kappa shape index (κ2) is 6.33. The Morgan fingerprint density at radius 2 is 1.75 bits per heavy atom. The van der Waals surface area contributed by atoms with Crippen molar-refractivity contribution >= 4 is 12.4 Å². The van der Waals surface area contributed by atoms with Crippen LogP contribution in [0.15, 0.2) is 12.1 Å². The summed E-state index contributed by atoms with van der Waals surface area (Å²) in [7, 11) is 0. The van der Waals surface area contributed by atoms with Gasteiger partial charge in [0, 0.05) is 13.1 Å². The zero-order valence-corrected chi connectivity index (χ0v) is 11.9. The number of hydrogen-bond acceptors (Lipinski definition) is 2. The van der Waals surface area contributed by atoms with Crippen LogP contribution in [0.4, 0.5) is 13.2 Å². The molecule has 3 rings (SSSR count). The molecule has 1 aromatic carbocycles. The van der Waals surface area contributed by atoms with Gasteiger partial charge in [-0.3, -0.25) is 4.90 Å². The molecule has 20 heavy (non-hydrogen) atoms. The Bertz CT molecular complexity index is 460. The Kier molecular flexibility index (Phi) is 4.94. The predicted molar refractivity (Wildman–Crippen MR) is 73.3 cm³/mol. The molecule has 2 aliphatic heterocycles. The molecule has 0 spiro atoms. The van der Waals surface area contributed by atoms with Gasteiger partial charge in [0.15, 0.2) is 17.5 Å². The molecule has 0 radical (unpaired) electrons. The largest absolute Gasteiger partial charge is 0.316 e. The van der Waals surface area contributed by atoms with Crippen LogP contribution < -0.4 is 5.32 Å². The minimum atomic E-state index is -1.39. The van der Waals surface area contributed by atoms with Crippen molar-refractivity contribution in [1.82, 2.24) is 10.2 Å². The van der Waals surface area contributed by atoms with Crippen molar-refractivity contribution in [3.05, 3.63) is 35.1 Å². The highest BCUT2D eigenvalue weighted by molar-refractivity contribution is 5.85. The zero-order valence-electron chi connectivity index (χ0n) is 11.0. The quantitative estimate of drug-likeness (QED) is 0.845. The molecule has 2 nitrogen and oxygen atoms in total. The van der Waals surface area contributed by atoms with Crippen LogP contribution >= 0.6 is 12.4 Å². The number of halogens is 4. The van der Waals surface area contributed by atoms with Crippen molar-refractivity contribution < 1.29 is 13.2 Å². The van der Waals surface area contributed by atoms with Crippen LogP contribution in [0.1, 0.15) is 12.0 Å². The highest BCUT2D eigenvalue weighted by Gasteiger charge is 2.32. The molecule has 2 heterocycles. The smallest absolute Gasteiger partial charge is 0.194 e. The average Bonchev–Trinajstić information content (AvgIpc) is 2.83. The van der Waals surface area contributed by atoms with Crippen molar-refractivity contribution in [3.63, 3.8) is 0 Å². The first-order valence-corrected chi connectivity index (χ1v) is 6.70. The highest BCUT2D eigenvalue weighted by Crippen LogP contribution is 2.27. The maximum absolute atomic E-state index is 13.2. The summed E-state index contributed by atoms with van der Waals surface area (Å²) in [6, 6.07) is 2.19. The van der Waals surface area contributed by atoms with Gasteiger partial charge < -0.3 is 5.32 Å². The summed E-state index contributed by atoms with van der Waals surface area (Å²) in [6.07, 6.45) is 1.11. The van der Waals surface area contributed by atoms with Gasteiger partial charge in [-0.25, -0.2) is 13.2 Å². The van der Waals surface area contributed by atoms with E-state index < -0.39 is 17.5 Å². The van der Waals surface area contributed by atoms with Crippen molar-refractivity contribution in [2.75, 3.05) is 26.2 Å². The van der Waals surface area contributed by atoms with Gasteiger partial charge in [-0.2, -0.15) is 0 Å². The summed E-state index contributed by atoms with van der Waals surface area (Å²) in [5, 5.41) is 3.38. The molecular weight excluding hydrogens is 289 g/mol. The standard InChI is InChI=1S/C14H17F3N2.ClH/c15-12-3-9(4-13(16)14(12)17)7-19-2-1-10-5-18-6-11(10)8-19;/h3-4,10-11,18H,1-2,5-8H2;1H. The number of nitrogens with one attached hydrogen (secondary N) is 1. The molecule has 0 saturated carbocycles. The molecule has 1 aromatic rings. The molecule has 0 amide bonds.